The summed E-state index contributed by atoms with van der Waals surface area (Å²) < 4.78 is 6.17. The maximum Gasteiger partial charge on any atom is 0.253 e. The summed E-state index contributed by atoms with van der Waals surface area (Å²) in [4.78, 5) is 13.6. The highest BCUT2D eigenvalue weighted by molar-refractivity contribution is 6.34. The summed E-state index contributed by atoms with van der Waals surface area (Å²) in [6.45, 7) is 8.61. The van der Waals surface area contributed by atoms with Gasteiger partial charge in [0.05, 0.1) is 28.8 Å². The van der Waals surface area contributed by atoms with Crippen LogP contribution >= 0.6 is 11.6 Å². The van der Waals surface area contributed by atoms with Gasteiger partial charge in [0.25, 0.3) is 5.91 Å². The predicted octanol–water partition coefficient (Wildman–Crippen LogP) is 6.03. The molecule has 4 aromatic rings. The molecular formula is C37H40ClN5O2. The fraction of sp³-hybridized carbons (Fsp3) is 0.351. The van der Waals surface area contributed by atoms with Gasteiger partial charge in [-0.25, -0.2) is 0 Å². The SMILES string of the molecule is Cc1ccc([C@@H](C)NCc2ccc(-c3ccc(Cl)c(C(=O)N[C@@H](CNCC4C5CNC[C@H]45)Cc4ccc(C#N)cc4)c3)o2)cc1. The lowest BCUT2D eigenvalue weighted by Gasteiger charge is -2.21. The monoisotopic (exact) mass is 621 g/mol. The third-order valence-corrected chi connectivity index (χ3v) is 9.59. The van der Waals surface area contributed by atoms with E-state index in [-0.39, 0.29) is 18.0 Å². The second kappa shape index (κ2) is 14.0. The first-order valence-electron chi connectivity index (χ1n) is 15.8. The summed E-state index contributed by atoms with van der Waals surface area (Å²) in [6, 6.07) is 27.6. The Bertz CT molecular complexity index is 1650. The molecular weight excluding hydrogens is 582 g/mol. The number of nitriles is 1. The molecule has 1 aromatic heterocycles. The van der Waals surface area contributed by atoms with E-state index in [1.165, 1.54) is 11.1 Å². The summed E-state index contributed by atoms with van der Waals surface area (Å²) in [6.07, 6.45) is 0.635. The van der Waals surface area contributed by atoms with Crippen LogP contribution in [0.25, 0.3) is 11.3 Å². The molecule has 1 saturated carbocycles. The molecule has 0 bridgehead atoms. The molecule has 232 valence electrons. The number of amides is 1. The lowest BCUT2D eigenvalue weighted by atomic mass is 10.0. The largest absolute Gasteiger partial charge is 0.460 e. The van der Waals surface area contributed by atoms with Gasteiger partial charge in [-0.1, -0.05) is 53.6 Å². The van der Waals surface area contributed by atoms with E-state index in [0.29, 0.717) is 47.3 Å². The molecule has 1 amide bonds. The summed E-state index contributed by atoms with van der Waals surface area (Å²) in [5.74, 6) is 3.54. The summed E-state index contributed by atoms with van der Waals surface area (Å²) in [5, 5.41) is 23.4. The zero-order chi connectivity index (χ0) is 31.3. The number of halogens is 1. The number of rotatable bonds is 13. The molecule has 3 aromatic carbocycles. The van der Waals surface area contributed by atoms with Crippen LogP contribution in [0.15, 0.2) is 83.3 Å². The van der Waals surface area contributed by atoms with Gasteiger partial charge in [0.2, 0.25) is 0 Å². The van der Waals surface area contributed by atoms with Gasteiger partial charge in [-0.05, 0) is 111 Å². The van der Waals surface area contributed by atoms with Crippen molar-refractivity contribution in [3.63, 3.8) is 0 Å². The van der Waals surface area contributed by atoms with E-state index in [1.54, 1.807) is 12.1 Å². The minimum absolute atomic E-state index is 0.154. The number of piperidine rings is 1. The number of furan rings is 1. The lowest BCUT2D eigenvalue weighted by molar-refractivity contribution is 0.0936. The number of nitrogens with one attached hydrogen (secondary N) is 4. The Kier molecular flexibility index (Phi) is 9.67. The second-order valence-corrected chi connectivity index (χ2v) is 12.9. The van der Waals surface area contributed by atoms with Crippen molar-refractivity contribution < 1.29 is 9.21 Å². The van der Waals surface area contributed by atoms with Gasteiger partial charge in [-0.2, -0.15) is 5.26 Å². The highest BCUT2D eigenvalue weighted by Crippen LogP contribution is 2.48. The number of aryl methyl sites for hydroxylation is 1. The van der Waals surface area contributed by atoms with Crippen molar-refractivity contribution in [3.8, 4) is 17.4 Å². The summed E-state index contributed by atoms with van der Waals surface area (Å²) in [5.41, 5.74) is 5.34. The van der Waals surface area contributed by atoms with Gasteiger partial charge in [-0.15, -0.1) is 0 Å². The average Bonchev–Trinajstić information content (AvgIpc) is 3.38. The van der Waals surface area contributed by atoms with Crippen LogP contribution in [0, 0.1) is 36.0 Å². The molecule has 4 N–H and O–H groups in total. The molecule has 8 heteroatoms. The van der Waals surface area contributed by atoms with Crippen LogP contribution in [0.5, 0.6) is 0 Å². The average molecular weight is 622 g/mol. The highest BCUT2D eigenvalue weighted by atomic mass is 35.5. The van der Waals surface area contributed by atoms with Crippen LogP contribution in [0.4, 0.5) is 0 Å². The van der Waals surface area contributed by atoms with Gasteiger partial charge in [0, 0.05) is 24.2 Å². The van der Waals surface area contributed by atoms with Crippen molar-refractivity contribution >= 4 is 17.5 Å². The summed E-state index contributed by atoms with van der Waals surface area (Å²) in [7, 11) is 0. The van der Waals surface area contributed by atoms with Gasteiger partial charge in [0.15, 0.2) is 0 Å². The number of carbonyl (C=O) groups is 1. The molecule has 2 fully saturated rings. The van der Waals surface area contributed by atoms with Crippen molar-refractivity contribution in [2.75, 3.05) is 26.2 Å². The molecule has 5 atom stereocenters. The molecule has 2 unspecified atom stereocenters. The van der Waals surface area contributed by atoms with Crippen LogP contribution in [0.2, 0.25) is 5.02 Å². The van der Waals surface area contributed by atoms with E-state index in [0.717, 1.165) is 48.4 Å². The maximum absolute atomic E-state index is 13.6. The molecule has 1 saturated heterocycles. The second-order valence-electron chi connectivity index (χ2n) is 12.5. The molecule has 7 nitrogen and oxygen atoms in total. The van der Waals surface area contributed by atoms with E-state index in [1.807, 2.05) is 42.5 Å². The number of benzene rings is 3. The van der Waals surface area contributed by atoms with Crippen LogP contribution in [0.1, 0.15) is 51.3 Å². The fourth-order valence-corrected chi connectivity index (χ4v) is 6.62. The van der Waals surface area contributed by atoms with E-state index in [2.05, 4.69) is 65.4 Å². The number of hydrogen-bond donors (Lipinski definition) is 4. The van der Waals surface area contributed by atoms with Crippen LogP contribution < -0.4 is 21.3 Å². The Labute approximate surface area is 270 Å². The van der Waals surface area contributed by atoms with Crippen molar-refractivity contribution in [1.82, 2.24) is 21.3 Å². The Morgan fingerprint density at radius 2 is 1.80 bits per heavy atom. The Balaban J connectivity index is 1.10. The van der Waals surface area contributed by atoms with Crippen molar-refractivity contribution in [2.45, 2.75) is 38.9 Å². The molecule has 45 heavy (non-hydrogen) atoms. The maximum atomic E-state index is 13.6. The van der Waals surface area contributed by atoms with Gasteiger partial charge in [-0.3, -0.25) is 4.79 Å². The number of carbonyl (C=O) groups excluding carboxylic acids is 1. The highest BCUT2D eigenvalue weighted by Gasteiger charge is 2.52. The van der Waals surface area contributed by atoms with Crippen LogP contribution in [0.3, 0.4) is 0 Å². The van der Waals surface area contributed by atoms with E-state index >= 15 is 0 Å². The Hall–Kier alpha value is -3.93. The quantitative estimate of drug-likeness (QED) is 0.145. The number of hydrogen-bond acceptors (Lipinski definition) is 6. The molecule has 2 heterocycles. The minimum atomic E-state index is -0.227. The molecule has 1 aliphatic carbocycles. The lowest BCUT2D eigenvalue weighted by Crippen LogP contribution is -2.44. The van der Waals surface area contributed by atoms with E-state index < -0.39 is 0 Å². The smallest absolute Gasteiger partial charge is 0.253 e. The zero-order valence-electron chi connectivity index (χ0n) is 25.8. The molecule has 2 aliphatic rings. The topological polar surface area (TPSA) is 102 Å². The van der Waals surface area contributed by atoms with Gasteiger partial charge >= 0.3 is 0 Å². The Morgan fingerprint density at radius 3 is 2.53 bits per heavy atom. The third-order valence-electron chi connectivity index (χ3n) is 9.26. The van der Waals surface area contributed by atoms with Gasteiger partial charge < -0.3 is 25.7 Å². The van der Waals surface area contributed by atoms with Crippen LogP contribution in [-0.2, 0) is 13.0 Å². The summed E-state index contributed by atoms with van der Waals surface area (Å²) >= 11 is 6.57. The van der Waals surface area contributed by atoms with E-state index in [4.69, 9.17) is 16.0 Å². The normalized spacial score (nSPS) is 19.8. The number of nitrogens with zero attached hydrogens (tertiary/aromatic N) is 1. The predicted molar refractivity (Wildman–Crippen MR) is 178 cm³/mol. The van der Waals surface area contributed by atoms with E-state index in [9.17, 15) is 10.1 Å². The van der Waals surface area contributed by atoms with Crippen molar-refractivity contribution in [1.29, 1.82) is 5.26 Å². The standard InChI is InChI=1S/C37H40ClN5O2/c1-23-3-9-27(10-4-23)24(2)42-19-30-12-14-36(45-30)28-11-13-35(38)31(16-28)37(44)43-29(15-25-5-7-26(17-39)8-6-25)18-40-20-32-33-21-41-22-34(32)33/h3-14,16,24,29,32-34,40-42H,15,18-22H2,1-2H3,(H,43,44)/t24-,29-,32?,33-,34?/m1/s1. The molecule has 0 radical (unpaired) electrons. The fourth-order valence-electron chi connectivity index (χ4n) is 6.42. The third kappa shape index (κ3) is 7.66. The molecule has 6 rings (SSSR count). The molecule has 0 spiro atoms. The zero-order valence-corrected chi connectivity index (χ0v) is 26.5. The van der Waals surface area contributed by atoms with Crippen molar-refractivity contribution in [3.05, 3.63) is 117 Å². The first kappa shape index (κ1) is 31.1. The van der Waals surface area contributed by atoms with Crippen molar-refractivity contribution in [2.24, 2.45) is 17.8 Å². The first-order chi connectivity index (χ1) is 21.9. The minimum Gasteiger partial charge on any atom is -0.460 e. The van der Waals surface area contributed by atoms with Crippen LogP contribution in [-0.4, -0.2) is 38.1 Å². The molecule has 1 aliphatic heterocycles. The first-order valence-corrected chi connectivity index (χ1v) is 16.2. The Morgan fingerprint density at radius 1 is 1.04 bits per heavy atom. The number of fused-ring (bicyclic) bond motifs is 1. The van der Waals surface area contributed by atoms with Gasteiger partial charge in [0.1, 0.15) is 11.5 Å².